The molecule has 0 atom stereocenters. The Bertz CT molecular complexity index is 953. The monoisotopic (exact) mass is 391 g/mol. The highest BCUT2D eigenvalue weighted by atomic mass is 32.2. The average molecular weight is 391 g/mol. The fraction of sp³-hybridized carbons (Fsp3) is 0.278. The number of hydrazone groups is 1. The lowest BCUT2D eigenvalue weighted by atomic mass is 10.1. The zero-order chi connectivity index (χ0) is 20.0. The van der Waals surface area contributed by atoms with Gasteiger partial charge in [-0.1, -0.05) is 13.0 Å². The molecule has 0 saturated heterocycles. The summed E-state index contributed by atoms with van der Waals surface area (Å²) in [6.07, 6.45) is 0.904. The van der Waals surface area contributed by atoms with E-state index in [1.165, 1.54) is 19.1 Å². The highest BCUT2D eigenvalue weighted by Gasteiger charge is 2.19. The third-order valence-corrected chi connectivity index (χ3v) is 4.97. The molecule has 0 aromatic heterocycles. The molecule has 0 aliphatic heterocycles. The Labute approximate surface area is 158 Å². The molecule has 0 saturated carbocycles. The van der Waals surface area contributed by atoms with E-state index in [2.05, 4.69) is 9.93 Å². The number of nitro benzene ring substituents is 1. The summed E-state index contributed by atoms with van der Waals surface area (Å²) in [5.41, 5.74) is 1.28. The number of benzene rings is 2. The highest BCUT2D eigenvalue weighted by Crippen LogP contribution is 2.22. The van der Waals surface area contributed by atoms with Crippen LogP contribution in [0.3, 0.4) is 0 Å². The molecule has 2 aromatic carbocycles. The zero-order valence-electron chi connectivity index (χ0n) is 15.3. The molecule has 0 bridgehead atoms. The van der Waals surface area contributed by atoms with Gasteiger partial charge in [-0.2, -0.15) is 18.4 Å². The highest BCUT2D eigenvalue weighted by molar-refractivity contribution is 7.89. The minimum atomic E-state index is -4.02. The molecule has 0 unspecified atom stereocenters. The van der Waals surface area contributed by atoms with Crippen molar-refractivity contribution in [3.8, 4) is 5.75 Å². The van der Waals surface area contributed by atoms with E-state index in [1.54, 1.807) is 31.2 Å². The van der Waals surface area contributed by atoms with Crippen LogP contribution >= 0.6 is 0 Å². The fourth-order valence-electron chi connectivity index (χ4n) is 2.21. The predicted octanol–water partition coefficient (Wildman–Crippen LogP) is 3.39. The molecule has 2 rings (SSSR count). The van der Waals surface area contributed by atoms with Gasteiger partial charge in [0.05, 0.1) is 22.1 Å². The molecule has 144 valence electrons. The van der Waals surface area contributed by atoms with Gasteiger partial charge in [-0.05, 0) is 56.2 Å². The van der Waals surface area contributed by atoms with Gasteiger partial charge < -0.3 is 4.74 Å². The largest absolute Gasteiger partial charge is 0.494 e. The van der Waals surface area contributed by atoms with E-state index in [9.17, 15) is 18.5 Å². The molecule has 0 amide bonds. The summed E-state index contributed by atoms with van der Waals surface area (Å²) in [5, 5.41) is 14.9. The van der Waals surface area contributed by atoms with Crippen LogP contribution < -0.4 is 9.57 Å². The van der Waals surface area contributed by atoms with Crippen molar-refractivity contribution < 1.29 is 18.1 Å². The Kier molecular flexibility index (Phi) is 6.51. The number of hydrogen-bond acceptors (Lipinski definition) is 6. The SMILES string of the molecule is CCCOc1ccc(/C(C)=N/NS(=O)(=O)c2ccc(C)c([N+](=O)[O-])c2)cc1. The first kappa shape index (κ1) is 20.4. The third-order valence-electron chi connectivity index (χ3n) is 3.77. The van der Waals surface area contributed by atoms with Gasteiger partial charge >= 0.3 is 0 Å². The van der Waals surface area contributed by atoms with Crippen molar-refractivity contribution in [1.82, 2.24) is 4.83 Å². The quantitative estimate of drug-likeness (QED) is 0.421. The first-order valence-corrected chi connectivity index (χ1v) is 9.77. The molecule has 2 aromatic rings. The standard InChI is InChI=1S/C18H21N3O5S/c1-4-11-26-16-8-6-15(7-9-16)14(3)19-20-27(24,25)17-10-5-13(2)18(12-17)21(22)23/h5-10,12,20H,4,11H2,1-3H3/b19-14+. The number of nitrogens with one attached hydrogen (secondary N) is 1. The molecule has 0 heterocycles. The van der Waals surface area contributed by atoms with Crippen molar-refractivity contribution in [2.45, 2.75) is 32.1 Å². The van der Waals surface area contributed by atoms with Crippen LogP contribution in [0.4, 0.5) is 5.69 Å². The predicted molar refractivity (Wildman–Crippen MR) is 103 cm³/mol. The number of hydrogen-bond donors (Lipinski definition) is 1. The Morgan fingerprint density at radius 1 is 1.22 bits per heavy atom. The Morgan fingerprint density at radius 3 is 2.48 bits per heavy atom. The van der Waals surface area contributed by atoms with Crippen LogP contribution in [-0.4, -0.2) is 25.7 Å². The van der Waals surface area contributed by atoms with Crippen LogP contribution in [0.2, 0.25) is 0 Å². The Balaban J connectivity index is 2.18. The number of rotatable bonds is 8. The van der Waals surface area contributed by atoms with Crippen LogP contribution in [0.5, 0.6) is 5.75 Å². The van der Waals surface area contributed by atoms with Gasteiger partial charge in [-0.3, -0.25) is 10.1 Å². The van der Waals surface area contributed by atoms with Gasteiger partial charge in [0.25, 0.3) is 15.7 Å². The van der Waals surface area contributed by atoms with Crippen LogP contribution in [0, 0.1) is 17.0 Å². The minimum Gasteiger partial charge on any atom is -0.494 e. The lowest BCUT2D eigenvalue weighted by Crippen LogP contribution is -2.20. The van der Waals surface area contributed by atoms with Gasteiger partial charge in [0.2, 0.25) is 0 Å². The van der Waals surface area contributed by atoms with Crippen LogP contribution in [-0.2, 0) is 10.0 Å². The number of nitrogens with zero attached hydrogens (tertiary/aromatic N) is 2. The van der Waals surface area contributed by atoms with Gasteiger partial charge in [0, 0.05) is 11.6 Å². The molecule has 0 radical (unpaired) electrons. The van der Waals surface area contributed by atoms with Gasteiger partial charge in [-0.15, -0.1) is 0 Å². The maximum absolute atomic E-state index is 12.4. The van der Waals surface area contributed by atoms with Crippen molar-refractivity contribution in [2.75, 3.05) is 6.61 Å². The van der Waals surface area contributed by atoms with Gasteiger partial charge in [0.15, 0.2) is 0 Å². The minimum absolute atomic E-state index is 0.223. The molecule has 0 aliphatic carbocycles. The fourth-order valence-corrected chi connectivity index (χ4v) is 3.09. The summed E-state index contributed by atoms with van der Waals surface area (Å²) in [5.74, 6) is 0.723. The summed E-state index contributed by atoms with van der Waals surface area (Å²) in [4.78, 5) is 12.3. The van der Waals surface area contributed by atoms with Crippen molar-refractivity contribution in [2.24, 2.45) is 5.10 Å². The van der Waals surface area contributed by atoms with E-state index >= 15 is 0 Å². The van der Waals surface area contributed by atoms with E-state index in [0.717, 1.165) is 23.8 Å². The van der Waals surface area contributed by atoms with E-state index in [0.29, 0.717) is 17.9 Å². The number of ether oxygens (including phenoxy) is 1. The topological polar surface area (TPSA) is 111 Å². The maximum Gasteiger partial charge on any atom is 0.276 e. The number of sulfonamides is 1. The zero-order valence-corrected chi connectivity index (χ0v) is 16.1. The van der Waals surface area contributed by atoms with Crippen molar-refractivity contribution in [1.29, 1.82) is 0 Å². The van der Waals surface area contributed by atoms with E-state index in [1.807, 2.05) is 6.92 Å². The normalized spacial score (nSPS) is 11.9. The first-order chi connectivity index (χ1) is 12.7. The summed E-state index contributed by atoms with van der Waals surface area (Å²) >= 11 is 0. The second-order valence-corrected chi connectivity index (χ2v) is 7.53. The van der Waals surface area contributed by atoms with E-state index in [-0.39, 0.29) is 10.6 Å². The van der Waals surface area contributed by atoms with Crippen molar-refractivity contribution in [3.63, 3.8) is 0 Å². The number of aryl methyl sites for hydroxylation is 1. The second-order valence-electron chi connectivity index (χ2n) is 5.87. The smallest absolute Gasteiger partial charge is 0.276 e. The summed E-state index contributed by atoms with van der Waals surface area (Å²) in [6.45, 7) is 5.83. The summed E-state index contributed by atoms with van der Waals surface area (Å²) < 4.78 is 30.2. The molecule has 9 heteroatoms. The maximum atomic E-state index is 12.4. The summed E-state index contributed by atoms with van der Waals surface area (Å²) in [7, 11) is -4.02. The first-order valence-electron chi connectivity index (χ1n) is 8.29. The van der Waals surface area contributed by atoms with Crippen LogP contribution in [0.1, 0.15) is 31.4 Å². The Hall–Kier alpha value is -2.94. The van der Waals surface area contributed by atoms with E-state index in [4.69, 9.17) is 4.74 Å². The van der Waals surface area contributed by atoms with Crippen molar-refractivity contribution >= 4 is 21.4 Å². The molecule has 0 spiro atoms. The lowest BCUT2D eigenvalue weighted by Gasteiger charge is -2.08. The van der Waals surface area contributed by atoms with Gasteiger partial charge in [-0.25, -0.2) is 0 Å². The molecular weight excluding hydrogens is 370 g/mol. The van der Waals surface area contributed by atoms with Gasteiger partial charge in [0.1, 0.15) is 5.75 Å². The second kappa shape index (κ2) is 8.63. The molecular formula is C18H21N3O5S. The molecule has 0 aliphatic rings. The average Bonchev–Trinajstić information content (AvgIpc) is 2.65. The third kappa shape index (κ3) is 5.27. The molecule has 1 N–H and O–H groups in total. The van der Waals surface area contributed by atoms with Crippen LogP contribution in [0.25, 0.3) is 0 Å². The van der Waals surface area contributed by atoms with Crippen molar-refractivity contribution in [3.05, 3.63) is 63.7 Å². The molecule has 8 nitrogen and oxygen atoms in total. The van der Waals surface area contributed by atoms with Crippen LogP contribution in [0.15, 0.2) is 52.5 Å². The van der Waals surface area contributed by atoms with E-state index < -0.39 is 14.9 Å². The molecule has 27 heavy (non-hydrogen) atoms. The number of nitro groups is 1. The summed E-state index contributed by atoms with van der Waals surface area (Å²) in [6, 6.07) is 10.8. The lowest BCUT2D eigenvalue weighted by molar-refractivity contribution is -0.385. The molecule has 0 fully saturated rings. The Morgan fingerprint density at radius 2 is 1.89 bits per heavy atom.